The van der Waals surface area contributed by atoms with E-state index in [0.717, 1.165) is 18.4 Å². The molecule has 2 heterocycles. The molecule has 19 heavy (non-hydrogen) atoms. The first-order valence-electron chi connectivity index (χ1n) is 6.18. The van der Waals surface area contributed by atoms with Gasteiger partial charge in [-0.3, -0.25) is 4.79 Å². The molecule has 1 fully saturated rings. The van der Waals surface area contributed by atoms with Crippen LogP contribution in [0.3, 0.4) is 0 Å². The summed E-state index contributed by atoms with van der Waals surface area (Å²) in [7, 11) is 1.35. The van der Waals surface area contributed by atoms with Crippen LogP contribution in [0.2, 0.25) is 5.02 Å². The van der Waals surface area contributed by atoms with Gasteiger partial charge in [-0.25, -0.2) is 4.79 Å². The molecular formula is C13H16ClNO3S. The minimum absolute atomic E-state index is 0.168. The van der Waals surface area contributed by atoms with E-state index in [4.69, 9.17) is 16.3 Å². The van der Waals surface area contributed by atoms with Crippen LogP contribution in [0.1, 0.15) is 34.5 Å². The standard InChI is InChI=1S/C13H16ClNO3S/c1-8-7-19-11(10(8)14)12(16)15-6-4-3-5-9(15)13(17)18-2/h7,9H,3-6H2,1-2H3/t9-/m1/s1. The lowest BCUT2D eigenvalue weighted by atomic mass is 10.0. The van der Waals surface area contributed by atoms with Crippen LogP contribution in [-0.4, -0.2) is 36.5 Å². The lowest BCUT2D eigenvalue weighted by Gasteiger charge is -2.33. The van der Waals surface area contributed by atoms with E-state index in [-0.39, 0.29) is 11.9 Å². The fourth-order valence-corrected chi connectivity index (χ4v) is 3.49. The number of ether oxygens (including phenoxy) is 1. The van der Waals surface area contributed by atoms with Crippen LogP contribution in [0, 0.1) is 6.92 Å². The zero-order chi connectivity index (χ0) is 14.0. The number of methoxy groups -OCH3 is 1. The number of thiophene rings is 1. The molecule has 1 atom stereocenters. The van der Waals surface area contributed by atoms with Crippen LogP contribution < -0.4 is 0 Å². The third-order valence-electron chi connectivity index (χ3n) is 3.33. The van der Waals surface area contributed by atoms with Crippen molar-refractivity contribution in [3.05, 3.63) is 20.8 Å². The molecule has 4 nitrogen and oxygen atoms in total. The van der Waals surface area contributed by atoms with E-state index in [1.54, 1.807) is 4.90 Å². The highest BCUT2D eigenvalue weighted by molar-refractivity contribution is 7.13. The zero-order valence-corrected chi connectivity index (χ0v) is 12.5. The highest BCUT2D eigenvalue weighted by atomic mass is 35.5. The summed E-state index contributed by atoms with van der Waals surface area (Å²) in [5.74, 6) is -0.518. The summed E-state index contributed by atoms with van der Waals surface area (Å²) in [6, 6.07) is -0.482. The van der Waals surface area contributed by atoms with Crippen molar-refractivity contribution in [2.24, 2.45) is 0 Å². The average molecular weight is 302 g/mol. The summed E-state index contributed by atoms with van der Waals surface area (Å²) in [6.45, 7) is 2.44. The Labute approximate surface area is 121 Å². The molecule has 0 N–H and O–H groups in total. The van der Waals surface area contributed by atoms with Gasteiger partial charge in [-0.2, -0.15) is 0 Å². The summed E-state index contributed by atoms with van der Waals surface area (Å²) < 4.78 is 4.78. The van der Waals surface area contributed by atoms with E-state index < -0.39 is 6.04 Å². The average Bonchev–Trinajstić information content (AvgIpc) is 2.77. The Balaban J connectivity index is 2.25. The number of carbonyl (C=O) groups excluding carboxylic acids is 2. The van der Waals surface area contributed by atoms with Crippen molar-refractivity contribution in [3.8, 4) is 0 Å². The van der Waals surface area contributed by atoms with Crippen LogP contribution in [0.15, 0.2) is 5.38 Å². The summed E-state index contributed by atoms with van der Waals surface area (Å²) in [6.07, 6.45) is 2.49. The zero-order valence-electron chi connectivity index (χ0n) is 10.9. The first kappa shape index (κ1) is 14.3. The van der Waals surface area contributed by atoms with Crippen molar-refractivity contribution >= 4 is 34.8 Å². The highest BCUT2D eigenvalue weighted by Gasteiger charge is 2.34. The first-order valence-corrected chi connectivity index (χ1v) is 7.44. The largest absolute Gasteiger partial charge is 0.467 e. The van der Waals surface area contributed by atoms with Gasteiger partial charge in [-0.1, -0.05) is 11.6 Å². The molecule has 1 saturated heterocycles. The van der Waals surface area contributed by atoms with E-state index in [1.807, 2.05) is 12.3 Å². The molecule has 0 radical (unpaired) electrons. The summed E-state index contributed by atoms with van der Waals surface area (Å²) in [5, 5.41) is 2.34. The molecule has 0 spiro atoms. The van der Waals surface area contributed by atoms with Gasteiger partial charge in [0.25, 0.3) is 5.91 Å². The van der Waals surface area contributed by atoms with E-state index in [0.29, 0.717) is 22.9 Å². The van der Waals surface area contributed by atoms with Gasteiger partial charge in [0.05, 0.1) is 12.1 Å². The monoisotopic (exact) mass is 301 g/mol. The number of rotatable bonds is 2. The van der Waals surface area contributed by atoms with Crippen molar-refractivity contribution in [2.75, 3.05) is 13.7 Å². The number of carbonyl (C=O) groups is 2. The lowest BCUT2D eigenvalue weighted by molar-refractivity contribution is -0.147. The van der Waals surface area contributed by atoms with Gasteiger partial charge >= 0.3 is 5.97 Å². The summed E-state index contributed by atoms with van der Waals surface area (Å²) in [5.41, 5.74) is 0.890. The van der Waals surface area contributed by atoms with Crippen LogP contribution in [0.25, 0.3) is 0 Å². The van der Waals surface area contributed by atoms with Crippen LogP contribution in [0.4, 0.5) is 0 Å². The third kappa shape index (κ3) is 2.77. The van der Waals surface area contributed by atoms with Crippen molar-refractivity contribution < 1.29 is 14.3 Å². The number of esters is 1. The topological polar surface area (TPSA) is 46.6 Å². The maximum absolute atomic E-state index is 12.5. The lowest BCUT2D eigenvalue weighted by Crippen LogP contribution is -2.48. The van der Waals surface area contributed by atoms with Gasteiger partial charge in [0.1, 0.15) is 10.9 Å². The molecule has 0 saturated carbocycles. The van der Waals surface area contributed by atoms with E-state index in [2.05, 4.69) is 0 Å². The predicted molar refractivity (Wildman–Crippen MR) is 74.8 cm³/mol. The second-order valence-electron chi connectivity index (χ2n) is 4.60. The van der Waals surface area contributed by atoms with Crippen LogP contribution >= 0.6 is 22.9 Å². The van der Waals surface area contributed by atoms with Gasteiger partial charge < -0.3 is 9.64 Å². The number of aryl methyl sites for hydroxylation is 1. The Bertz CT molecular complexity index is 500. The fraction of sp³-hybridized carbons (Fsp3) is 0.538. The number of halogens is 1. The second-order valence-corrected chi connectivity index (χ2v) is 5.85. The van der Waals surface area contributed by atoms with Gasteiger partial charge in [-0.05, 0) is 37.1 Å². The number of amides is 1. The quantitative estimate of drug-likeness (QED) is 0.789. The number of piperidine rings is 1. The Hall–Kier alpha value is -1.07. The fourth-order valence-electron chi connectivity index (χ4n) is 2.26. The minimum atomic E-state index is -0.482. The Morgan fingerprint density at radius 1 is 1.47 bits per heavy atom. The maximum atomic E-state index is 12.5. The molecule has 0 unspecified atom stereocenters. The minimum Gasteiger partial charge on any atom is -0.467 e. The SMILES string of the molecule is COC(=O)[C@H]1CCCCN1C(=O)c1scc(C)c1Cl. The summed E-state index contributed by atoms with van der Waals surface area (Å²) >= 11 is 7.45. The molecule has 0 aromatic carbocycles. The molecule has 1 aromatic rings. The number of likely N-dealkylation sites (tertiary alicyclic amines) is 1. The molecular weight excluding hydrogens is 286 g/mol. The molecule has 6 heteroatoms. The van der Waals surface area contributed by atoms with Crippen molar-refractivity contribution in [3.63, 3.8) is 0 Å². The van der Waals surface area contributed by atoms with Gasteiger partial charge in [-0.15, -0.1) is 11.3 Å². The van der Waals surface area contributed by atoms with Crippen molar-refractivity contribution in [1.29, 1.82) is 0 Å². The van der Waals surface area contributed by atoms with Crippen molar-refractivity contribution in [2.45, 2.75) is 32.2 Å². The van der Waals surface area contributed by atoms with Gasteiger partial charge in [0, 0.05) is 6.54 Å². The van der Waals surface area contributed by atoms with E-state index in [1.165, 1.54) is 18.4 Å². The Kier molecular flexibility index (Phi) is 4.47. The normalized spacial score (nSPS) is 19.3. The molecule has 104 valence electrons. The van der Waals surface area contributed by atoms with E-state index >= 15 is 0 Å². The second kappa shape index (κ2) is 5.92. The van der Waals surface area contributed by atoms with Gasteiger partial charge in [0.15, 0.2) is 0 Å². The summed E-state index contributed by atoms with van der Waals surface area (Å²) in [4.78, 5) is 26.4. The molecule has 1 aliphatic heterocycles. The molecule has 1 aliphatic rings. The number of nitrogens with zero attached hydrogens (tertiary/aromatic N) is 1. The number of hydrogen-bond donors (Lipinski definition) is 0. The highest BCUT2D eigenvalue weighted by Crippen LogP contribution is 2.30. The molecule has 1 amide bonds. The Morgan fingerprint density at radius 3 is 2.79 bits per heavy atom. The predicted octanol–water partition coefficient (Wildman–Crippen LogP) is 2.88. The molecule has 0 aliphatic carbocycles. The van der Waals surface area contributed by atoms with Crippen LogP contribution in [-0.2, 0) is 9.53 Å². The third-order valence-corrected chi connectivity index (χ3v) is 5.02. The maximum Gasteiger partial charge on any atom is 0.328 e. The molecule has 1 aromatic heterocycles. The first-order chi connectivity index (χ1) is 9.06. The van der Waals surface area contributed by atoms with Crippen LogP contribution in [0.5, 0.6) is 0 Å². The Morgan fingerprint density at radius 2 is 2.21 bits per heavy atom. The number of hydrogen-bond acceptors (Lipinski definition) is 4. The molecule has 0 bridgehead atoms. The molecule has 2 rings (SSSR count). The van der Waals surface area contributed by atoms with Crippen molar-refractivity contribution in [1.82, 2.24) is 4.90 Å². The van der Waals surface area contributed by atoms with E-state index in [9.17, 15) is 9.59 Å². The smallest absolute Gasteiger partial charge is 0.328 e. The van der Waals surface area contributed by atoms with Gasteiger partial charge in [0.2, 0.25) is 0 Å².